The zero-order valence-corrected chi connectivity index (χ0v) is 17.1. The highest BCUT2D eigenvalue weighted by Crippen LogP contribution is 2.33. The highest BCUT2D eigenvalue weighted by molar-refractivity contribution is 6.35. The topological polar surface area (TPSA) is 119 Å². The van der Waals surface area contributed by atoms with Gasteiger partial charge in [0.2, 0.25) is 6.79 Å². The van der Waals surface area contributed by atoms with Crippen LogP contribution in [-0.4, -0.2) is 99.6 Å². The van der Waals surface area contributed by atoms with Gasteiger partial charge in [0.1, 0.15) is 6.23 Å². The molecule has 1 aromatic rings. The lowest BCUT2D eigenvalue weighted by Gasteiger charge is -2.26. The van der Waals surface area contributed by atoms with Gasteiger partial charge in [-0.2, -0.15) is 0 Å². The Morgan fingerprint density at radius 2 is 1.74 bits per heavy atom. The van der Waals surface area contributed by atoms with Crippen molar-refractivity contribution in [1.29, 1.82) is 0 Å². The van der Waals surface area contributed by atoms with Crippen LogP contribution in [-0.2, 0) is 19.1 Å². The standard InChI is InChI=1S/C20H26N4O7/c25-18(21-3-4-23-5-8-28-9-6-23)19(26)22-12-17-24(7-10-29-17)20(27)14-1-2-15-16(11-14)31-13-30-15/h1-2,11,17H,3-10,12-13H2,(H,21,25)(H,22,26). The molecule has 0 radical (unpaired) electrons. The molecule has 2 saturated heterocycles. The van der Waals surface area contributed by atoms with E-state index in [0.29, 0.717) is 56.5 Å². The molecule has 0 spiro atoms. The second-order valence-corrected chi connectivity index (χ2v) is 7.31. The van der Waals surface area contributed by atoms with Gasteiger partial charge in [0, 0.05) is 38.3 Å². The van der Waals surface area contributed by atoms with E-state index in [2.05, 4.69) is 15.5 Å². The second-order valence-electron chi connectivity index (χ2n) is 7.31. The molecule has 3 amide bonds. The molecule has 4 rings (SSSR count). The van der Waals surface area contributed by atoms with Crippen molar-refractivity contribution in [2.75, 3.05) is 65.9 Å². The number of rotatable bonds is 6. The van der Waals surface area contributed by atoms with Crippen LogP contribution in [0, 0.1) is 0 Å². The van der Waals surface area contributed by atoms with Crippen molar-refractivity contribution in [3.8, 4) is 11.5 Å². The van der Waals surface area contributed by atoms with Gasteiger partial charge in [-0.15, -0.1) is 0 Å². The van der Waals surface area contributed by atoms with Crippen molar-refractivity contribution in [3.05, 3.63) is 23.8 Å². The number of fused-ring (bicyclic) bond motifs is 1. The number of ether oxygens (including phenoxy) is 4. The number of carbonyl (C=O) groups excluding carboxylic acids is 3. The highest BCUT2D eigenvalue weighted by atomic mass is 16.7. The lowest BCUT2D eigenvalue weighted by atomic mass is 10.1. The van der Waals surface area contributed by atoms with E-state index in [4.69, 9.17) is 18.9 Å². The van der Waals surface area contributed by atoms with Crippen molar-refractivity contribution < 1.29 is 33.3 Å². The van der Waals surface area contributed by atoms with Gasteiger partial charge in [0.25, 0.3) is 5.91 Å². The van der Waals surface area contributed by atoms with Gasteiger partial charge < -0.3 is 34.5 Å². The molecular weight excluding hydrogens is 408 g/mol. The van der Waals surface area contributed by atoms with E-state index in [1.807, 2.05) is 0 Å². The van der Waals surface area contributed by atoms with Crippen molar-refractivity contribution in [1.82, 2.24) is 20.4 Å². The Bertz CT molecular complexity index is 828. The number of morpholine rings is 1. The Morgan fingerprint density at radius 3 is 2.58 bits per heavy atom. The quantitative estimate of drug-likeness (QED) is 0.535. The van der Waals surface area contributed by atoms with Gasteiger partial charge in [-0.25, -0.2) is 0 Å². The van der Waals surface area contributed by atoms with Crippen molar-refractivity contribution in [3.63, 3.8) is 0 Å². The average molecular weight is 434 g/mol. The van der Waals surface area contributed by atoms with Gasteiger partial charge >= 0.3 is 11.8 Å². The summed E-state index contributed by atoms with van der Waals surface area (Å²) in [6, 6.07) is 4.97. The zero-order valence-electron chi connectivity index (χ0n) is 17.1. The lowest BCUT2D eigenvalue weighted by molar-refractivity contribution is -0.139. The summed E-state index contributed by atoms with van der Waals surface area (Å²) in [5, 5.41) is 5.15. The number of benzene rings is 1. The van der Waals surface area contributed by atoms with Crippen LogP contribution >= 0.6 is 0 Å². The Kier molecular flexibility index (Phi) is 6.85. The summed E-state index contributed by atoms with van der Waals surface area (Å²) in [5.74, 6) is -0.597. The van der Waals surface area contributed by atoms with E-state index in [1.165, 1.54) is 4.90 Å². The van der Waals surface area contributed by atoms with E-state index in [0.717, 1.165) is 13.1 Å². The summed E-state index contributed by atoms with van der Waals surface area (Å²) in [6.07, 6.45) is -0.650. The van der Waals surface area contributed by atoms with E-state index >= 15 is 0 Å². The number of carbonyl (C=O) groups is 3. The molecule has 0 saturated carbocycles. The first-order chi connectivity index (χ1) is 15.1. The molecule has 0 bridgehead atoms. The van der Waals surface area contributed by atoms with Crippen LogP contribution in [0.3, 0.4) is 0 Å². The third-order valence-corrected chi connectivity index (χ3v) is 5.33. The summed E-state index contributed by atoms with van der Waals surface area (Å²) < 4.78 is 21.4. The van der Waals surface area contributed by atoms with Gasteiger partial charge in [-0.3, -0.25) is 19.3 Å². The monoisotopic (exact) mass is 434 g/mol. The van der Waals surface area contributed by atoms with E-state index in [1.54, 1.807) is 18.2 Å². The predicted molar refractivity (Wildman–Crippen MR) is 107 cm³/mol. The smallest absolute Gasteiger partial charge is 0.309 e. The maximum Gasteiger partial charge on any atom is 0.309 e. The molecule has 1 unspecified atom stereocenters. The average Bonchev–Trinajstić information content (AvgIpc) is 3.46. The highest BCUT2D eigenvalue weighted by Gasteiger charge is 2.32. The largest absolute Gasteiger partial charge is 0.454 e. The molecule has 168 valence electrons. The van der Waals surface area contributed by atoms with Gasteiger partial charge in [0.15, 0.2) is 11.5 Å². The SMILES string of the molecule is O=C(NCCN1CCOCC1)C(=O)NCC1OCCN1C(=O)c1ccc2c(c1)OCO2. The number of nitrogens with zero attached hydrogens (tertiary/aromatic N) is 2. The number of hydrogen-bond donors (Lipinski definition) is 2. The number of hydrogen-bond acceptors (Lipinski definition) is 8. The molecule has 2 fully saturated rings. The second kappa shape index (κ2) is 9.94. The fraction of sp³-hybridized carbons (Fsp3) is 0.550. The van der Waals surface area contributed by atoms with Crippen molar-refractivity contribution in [2.45, 2.75) is 6.23 Å². The molecule has 31 heavy (non-hydrogen) atoms. The molecule has 3 aliphatic rings. The molecule has 0 aromatic heterocycles. The first-order valence-electron chi connectivity index (χ1n) is 10.3. The molecule has 0 aliphatic carbocycles. The first-order valence-corrected chi connectivity index (χ1v) is 10.3. The minimum absolute atomic E-state index is 0.0199. The molecule has 1 aromatic carbocycles. The predicted octanol–water partition coefficient (Wildman–Crippen LogP) is -1.22. The maximum absolute atomic E-state index is 12.9. The maximum atomic E-state index is 12.9. The van der Waals surface area contributed by atoms with Crippen LogP contribution in [0.2, 0.25) is 0 Å². The number of nitrogens with one attached hydrogen (secondary N) is 2. The zero-order chi connectivity index (χ0) is 21.6. The van der Waals surface area contributed by atoms with Crippen LogP contribution in [0.4, 0.5) is 0 Å². The normalized spacial score (nSPS) is 20.5. The van der Waals surface area contributed by atoms with E-state index in [9.17, 15) is 14.4 Å². The minimum Gasteiger partial charge on any atom is -0.454 e. The van der Waals surface area contributed by atoms with E-state index in [-0.39, 0.29) is 19.2 Å². The van der Waals surface area contributed by atoms with Crippen molar-refractivity contribution in [2.24, 2.45) is 0 Å². The van der Waals surface area contributed by atoms with Crippen LogP contribution < -0.4 is 20.1 Å². The third kappa shape index (κ3) is 5.24. The van der Waals surface area contributed by atoms with Gasteiger partial charge in [-0.1, -0.05) is 0 Å². The summed E-state index contributed by atoms with van der Waals surface area (Å²) in [7, 11) is 0. The molecule has 3 aliphatic heterocycles. The number of amides is 3. The summed E-state index contributed by atoms with van der Waals surface area (Å²) >= 11 is 0. The fourth-order valence-corrected chi connectivity index (χ4v) is 3.61. The summed E-state index contributed by atoms with van der Waals surface area (Å²) in [5.41, 5.74) is 0.437. The lowest BCUT2D eigenvalue weighted by Crippen LogP contribution is -2.48. The van der Waals surface area contributed by atoms with Crippen molar-refractivity contribution >= 4 is 17.7 Å². The summed E-state index contributed by atoms with van der Waals surface area (Å²) in [6.45, 7) is 4.90. The minimum atomic E-state index is -0.757. The van der Waals surface area contributed by atoms with Gasteiger partial charge in [-0.05, 0) is 18.2 Å². The molecule has 11 heteroatoms. The Labute approximate surface area is 179 Å². The van der Waals surface area contributed by atoms with Crippen LogP contribution in [0.5, 0.6) is 11.5 Å². The fourth-order valence-electron chi connectivity index (χ4n) is 3.61. The molecular formula is C20H26N4O7. The van der Waals surface area contributed by atoms with Gasteiger partial charge in [0.05, 0.1) is 26.4 Å². The Balaban J connectivity index is 1.23. The molecule has 2 N–H and O–H groups in total. The summed E-state index contributed by atoms with van der Waals surface area (Å²) in [4.78, 5) is 40.7. The third-order valence-electron chi connectivity index (χ3n) is 5.33. The molecule has 3 heterocycles. The Hall–Kier alpha value is -2.89. The van der Waals surface area contributed by atoms with Crippen LogP contribution in [0.25, 0.3) is 0 Å². The van der Waals surface area contributed by atoms with Crippen LogP contribution in [0.1, 0.15) is 10.4 Å². The molecule has 11 nitrogen and oxygen atoms in total. The first kappa shape index (κ1) is 21.3. The van der Waals surface area contributed by atoms with Crippen LogP contribution in [0.15, 0.2) is 18.2 Å². The van der Waals surface area contributed by atoms with E-state index < -0.39 is 18.0 Å². The molecule has 1 atom stereocenters. The Morgan fingerprint density at radius 1 is 0.968 bits per heavy atom.